The van der Waals surface area contributed by atoms with Crippen molar-refractivity contribution >= 4 is 28.2 Å². The molecule has 2 atom stereocenters. The molecular weight excluding hydrogens is 252 g/mol. The Labute approximate surface area is 103 Å². The molecule has 0 aromatic rings. The molecule has 1 amide bonds. The molecule has 1 fully saturated rings. The highest BCUT2D eigenvalue weighted by Crippen LogP contribution is 2.04. The summed E-state index contributed by atoms with van der Waals surface area (Å²) in [5, 5.41) is 4.94. The molecule has 7 heteroatoms. The van der Waals surface area contributed by atoms with Crippen LogP contribution in [-0.4, -0.2) is 45.0 Å². The van der Waals surface area contributed by atoms with Gasteiger partial charge < -0.3 is 10.6 Å². The van der Waals surface area contributed by atoms with Crippen LogP contribution in [0.25, 0.3) is 0 Å². The lowest BCUT2D eigenvalue weighted by molar-refractivity contribution is -0.121. The van der Waals surface area contributed by atoms with Crippen molar-refractivity contribution < 1.29 is 13.2 Å². The van der Waals surface area contributed by atoms with E-state index in [-0.39, 0.29) is 18.4 Å². The van der Waals surface area contributed by atoms with Gasteiger partial charge in [-0.15, -0.1) is 12.4 Å². The van der Waals surface area contributed by atoms with Crippen molar-refractivity contribution in [1.29, 1.82) is 0 Å². The Morgan fingerprint density at radius 2 is 2.12 bits per heavy atom. The first-order valence-corrected chi connectivity index (χ1v) is 7.06. The van der Waals surface area contributed by atoms with Crippen molar-refractivity contribution in [1.82, 2.24) is 10.6 Å². The second-order valence-electron chi connectivity index (χ2n) is 4.02. The number of piperidine rings is 1. The van der Waals surface area contributed by atoms with E-state index in [1.54, 1.807) is 0 Å². The summed E-state index contributed by atoms with van der Waals surface area (Å²) < 4.78 is 22.3. The minimum Gasteiger partial charge on any atom is -0.351 e. The van der Waals surface area contributed by atoms with E-state index >= 15 is 0 Å². The summed E-state index contributed by atoms with van der Waals surface area (Å²) in [6.45, 7) is 3.11. The van der Waals surface area contributed by atoms with Crippen molar-refractivity contribution in [3.05, 3.63) is 0 Å². The van der Waals surface area contributed by atoms with Gasteiger partial charge >= 0.3 is 0 Å². The van der Waals surface area contributed by atoms with Crippen LogP contribution in [0.1, 0.15) is 19.8 Å². The molecule has 1 aliphatic heterocycles. The SMILES string of the molecule is CC(C(=O)NC1CCCNC1)S(C)(=O)=O.Cl. The van der Waals surface area contributed by atoms with Gasteiger partial charge in [-0.3, -0.25) is 4.79 Å². The number of hydrogen-bond acceptors (Lipinski definition) is 4. The molecule has 0 saturated carbocycles. The average Bonchev–Trinajstić information content (AvgIpc) is 2.16. The van der Waals surface area contributed by atoms with Crippen LogP contribution in [0.3, 0.4) is 0 Å². The van der Waals surface area contributed by atoms with Crippen LogP contribution in [0.15, 0.2) is 0 Å². The Morgan fingerprint density at radius 3 is 2.56 bits per heavy atom. The molecule has 5 nitrogen and oxygen atoms in total. The lowest BCUT2D eigenvalue weighted by atomic mass is 10.1. The predicted molar refractivity (Wildman–Crippen MR) is 65.6 cm³/mol. The maximum atomic E-state index is 11.5. The first-order valence-electron chi connectivity index (χ1n) is 5.11. The van der Waals surface area contributed by atoms with Gasteiger partial charge in [-0.05, 0) is 26.3 Å². The normalized spacial score (nSPS) is 23.0. The van der Waals surface area contributed by atoms with Crippen molar-refractivity contribution in [2.24, 2.45) is 0 Å². The summed E-state index contributed by atoms with van der Waals surface area (Å²) in [7, 11) is -3.29. The number of nitrogens with one attached hydrogen (secondary N) is 2. The Kier molecular flexibility index (Phi) is 6.28. The highest BCUT2D eigenvalue weighted by Gasteiger charge is 2.25. The highest BCUT2D eigenvalue weighted by atomic mass is 35.5. The summed E-state index contributed by atoms with van der Waals surface area (Å²) in [5.74, 6) is -0.397. The van der Waals surface area contributed by atoms with Crippen LogP contribution in [0.2, 0.25) is 0 Å². The average molecular weight is 271 g/mol. The van der Waals surface area contributed by atoms with Gasteiger partial charge in [0.2, 0.25) is 5.91 Å². The third-order valence-corrected chi connectivity index (χ3v) is 4.15. The van der Waals surface area contributed by atoms with Gasteiger partial charge in [-0.1, -0.05) is 0 Å². The third-order valence-electron chi connectivity index (χ3n) is 2.65. The van der Waals surface area contributed by atoms with E-state index in [2.05, 4.69) is 10.6 Å². The lowest BCUT2D eigenvalue weighted by Crippen LogP contribution is -2.49. The van der Waals surface area contributed by atoms with Gasteiger partial charge in [0.05, 0.1) is 0 Å². The van der Waals surface area contributed by atoms with Crippen molar-refractivity contribution in [3.63, 3.8) is 0 Å². The fraction of sp³-hybridized carbons (Fsp3) is 0.889. The molecule has 0 bridgehead atoms. The number of sulfone groups is 1. The number of rotatable bonds is 3. The zero-order valence-electron chi connectivity index (χ0n) is 9.52. The van der Waals surface area contributed by atoms with E-state index in [1.165, 1.54) is 6.92 Å². The van der Waals surface area contributed by atoms with Crippen LogP contribution in [0, 0.1) is 0 Å². The quantitative estimate of drug-likeness (QED) is 0.739. The Hall–Kier alpha value is -0.330. The molecule has 1 heterocycles. The molecule has 2 unspecified atom stereocenters. The fourth-order valence-corrected chi connectivity index (χ4v) is 1.94. The van der Waals surface area contributed by atoms with Crippen LogP contribution in [0.5, 0.6) is 0 Å². The molecule has 0 spiro atoms. The Bertz CT molecular complexity index is 326. The Balaban J connectivity index is 0.00000225. The Morgan fingerprint density at radius 1 is 1.50 bits per heavy atom. The zero-order valence-corrected chi connectivity index (χ0v) is 11.2. The first-order chi connectivity index (χ1) is 6.91. The molecule has 0 aromatic carbocycles. The summed E-state index contributed by atoms with van der Waals surface area (Å²) in [4.78, 5) is 11.5. The maximum absolute atomic E-state index is 11.5. The standard InChI is InChI=1S/C9H18N2O3S.ClH/c1-7(15(2,13)14)9(12)11-8-4-3-5-10-6-8;/h7-8,10H,3-6H2,1-2H3,(H,11,12);1H. The van der Waals surface area contributed by atoms with Gasteiger partial charge in [0.15, 0.2) is 9.84 Å². The van der Waals surface area contributed by atoms with Crippen LogP contribution >= 0.6 is 12.4 Å². The minimum atomic E-state index is -3.29. The molecule has 1 saturated heterocycles. The topological polar surface area (TPSA) is 75.3 Å². The lowest BCUT2D eigenvalue weighted by Gasteiger charge is -2.24. The van der Waals surface area contributed by atoms with Gasteiger partial charge in [0.1, 0.15) is 5.25 Å². The van der Waals surface area contributed by atoms with E-state index < -0.39 is 21.0 Å². The summed E-state index contributed by atoms with van der Waals surface area (Å²) in [5.41, 5.74) is 0. The van der Waals surface area contributed by atoms with Crippen LogP contribution in [-0.2, 0) is 14.6 Å². The second kappa shape index (κ2) is 6.42. The third kappa shape index (κ3) is 4.67. The van der Waals surface area contributed by atoms with Crippen molar-refractivity contribution in [2.45, 2.75) is 31.1 Å². The van der Waals surface area contributed by atoms with Gasteiger partial charge in [0.25, 0.3) is 0 Å². The summed E-state index contributed by atoms with van der Waals surface area (Å²) in [6, 6.07) is 0.0652. The number of halogens is 1. The monoisotopic (exact) mass is 270 g/mol. The van der Waals surface area contributed by atoms with E-state index in [4.69, 9.17) is 0 Å². The van der Waals surface area contributed by atoms with Crippen molar-refractivity contribution in [2.75, 3.05) is 19.3 Å². The molecule has 2 N–H and O–H groups in total. The maximum Gasteiger partial charge on any atom is 0.238 e. The molecule has 0 aliphatic carbocycles. The molecule has 96 valence electrons. The van der Waals surface area contributed by atoms with Gasteiger partial charge in [-0.2, -0.15) is 0 Å². The van der Waals surface area contributed by atoms with Crippen LogP contribution in [0.4, 0.5) is 0 Å². The van der Waals surface area contributed by atoms with Gasteiger partial charge in [0, 0.05) is 18.8 Å². The first kappa shape index (κ1) is 15.7. The predicted octanol–water partition coefficient (Wildman–Crippen LogP) is -0.290. The minimum absolute atomic E-state index is 0. The van der Waals surface area contributed by atoms with E-state index in [0.717, 1.165) is 32.2 Å². The number of hydrogen-bond donors (Lipinski definition) is 2. The summed E-state index contributed by atoms with van der Waals surface area (Å²) >= 11 is 0. The summed E-state index contributed by atoms with van der Waals surface area (Å²) in [6.07, 6.45) is 3.00. The zero-order chi connectivity index (χ0) is 11.5. The molecular formula is C9H19ClN2O3S. The smallest absolute Gasteiger partial charge is 0.238 e. The van der Waals surface area contributed by atoms with Crippen molar-refractivity contribution in [3.8, 4) is 0 Å². The van der Waals surface area contributed by atoms with E-state index in [0.29, 0.717) is 0 Å². The van der Waals surface area contributed by atoms with E-state index in [1.807, 2.05) is 0 Å². The number of carbonyl (C=O) groups excluding carboxylic acids is 1. The molecule has 0 radical (unpaired) electrons. The van der Waals surface area contributed by atoms with E-state index in [9.17, 15) is 13.2 Å². The number of carbonyl (C=O) groups is 1. The molecule has 0 aromatic heterocycles. The molecule has 1 rings (SSSR count). The van der Waals surface area contributed by atoms with Crippen LogP contribution < -0.4 is 10.6 Å². The largest absolute Gasteiger partial charge is 0.351 e. The fourth-order valence-electron chi connectivity index (χ4n) is 1.49. The molecule has 1 aliphatic rings. The second-order valence-corrected chi connectivity index (χ2v) is 6.39. The highest BCUT2D eigenvalue weighted by molar-refractivity contribution is 7.92. The molecule has 16 heavy (non-hydrogen) atoms. The number of amides is 1. The van der Waals surface area contributed by atoms with Gasteiger partial charge in [-0.25, -0.2) is 8.42 Å².